The van der Waals surface area contributed by atoms with Crippen LogP contribution in [0.1, 0.15) is 56.5 Å². The molecule has 0 saturated heterocycles. The molecule has 1 aromatic rings. The van der Waals surface area contributed by atoms with Gasteiger partial charge in [-0.25, -0.2) is 0 Å². The molecule has 0 saturated carbocycles. The molecule has 0 bridgehead atoms. The molecule has 0 aromatic heterocycles. The number of Topliss-reactive ketones (excluding diaryl/α,β-unsaturated/α-hetero) is 1. The average molecular weight is 531 g/mol. The Morgan fingerprint density at radius 3 is 2.58 bits per heavy atom. The lowest BCUT2D eigenvalue weighted by atomic mass is 9.81. The van der Waals surface area contributed by atoms with E-state index in [4.69, 9.17) is 0 Å². The molecule has 1 aliphatic heterocycles. The van der Waals surface area contributed by atoms with Crippen molar-refractivity contribution in [2.75, 3.05) is 33.7 Å². The quantitative estimate of drug-likeness (QED) is 0.416. The van der Waals surface area contributed by atoms with E-state index in [2.05, 4.69) is 53.9 Å². The van der Waals surface area contributed by atoms with E-state index in [1.807, 2.05) is 39.0 Å². The number of benzene rings is 1. The van der Waals surface area contributed by atoms with Crippen molar-refractivity contribution in [1.29, 1.82) is 0 Å². The monoisotopic (exact) mass is 530 g/mol. The first kappa shape index (κ1) is 32.8. The summed E-state index contributed by atoms with van der Waals surface area (Å²) in [7, 11) is 4.15. The van der Waals surface area contributed by atoms with Gasteiger partial charge in [-0.2, -0.15) is 13.2 Å². The Morgan fingerprint density at radius 2 is 1.95 bits per heavy atom. The molecule has 8 heteroatoms. The third-order valence-electron chi connectivity index (χ3n) is 5.88. The second-order valence-corrected chi connectivity index (χ2v) is 9.18. The molecule has 1 heterocycles. The van der Waals surface area contributed by atoms with E-state index in [1.54, 1.807) is 12.3 Å². The summed E-state index contributed by atoms with van der Waals surface area (Å²) in [5.41, 5.74) is 2.04. The van der Waals surface area contributed by atoms with Gasteiger partial charge in [0.1, 0.15) is 5.84 Å². The highest BCUT2D eigenvalue weighted by atomic mass is 19.4. The fourth-order valence-corrected chi connectivity index (χ4v) is 3.90. The summed E-state index contributed by atoms with van der Waals surface area (Å²) in [6.45, 7) is 13.0. The van der Waals surface area contributed by atoms with Gasteiger partial charge < -0.3 is 10.2 Å². The number of amidine groups is 1. The van der Waals surface area contributed by atoms with Gasteiger partial charge in [0, 0.05) is 41.9 Å². The first-order chi connectivity index (χ1) is 18.0. The lowest BCUT2D eigenvalue weighted by molar-refractivity contribution is -0.0883. The van der Waals surface area contributed by atoms with Crippen LogP contribution in [0.4, 0.5) is 13.2 Å². The maximum absolute atomic E-state index is 12.6. The Bertz CT molecular complexity index is 1080. The van der Waals surface area contributed by atoms with Crippen molar-refractivity contribution in [3.63, 3.8) is 0 Å². The number of rotatable bonds is 6. The topological polar surface area (TPSA) is 57.1 Å². The molecule has 2 aliphatic rings. The molecule has 3 rings (SSSR count). The van der Waals surface area contributed by atoms with E-state index in [1.165, 1.54) is 17.9 Å². The van der Waals surface area contributed by atoms with Crippen LogP contribution >= 0.6 is 0 Å². The number of carbonyl (C=O) groups excluding carboxylic acids is 1. The molecule has 1 atom stereocenters. The Kier molecular flexibility index (Phi) is 13.7. The number of allylic oxidation sites excluding steroid dienone is 3. The number of nitrogens with zero attached hydrogens (tertiary/aromatic N) is 3. The van der Waals surface area contributed by atoms with Crippen molar-refractivity contribution in [2.45, 2.75) is 52.1 Å². The predicted octanol–water partition coefficient (Wildman–Crippen LogP) is 6.70. The first-order valence-corrected chi connectivity index (χ1v) is 12.8. The molecule has 38 heavy (non-hydrogen) atoms. The van der Waals surface area contributed by atoms with Gasteiger partial charge in [-0.3, -0.25) is 14.8 Å². The average Bonchev–Trinajstić information content (AvgIpc) is 3.21. The number of alkyl halides is 3. The molecule has 1 N–H and O–H groups in total. The fourth-order valence-electron chi connectivity index (χ4n) is 3.90. The van der Waals surface area contributed by atoms with E-state index >= 15 is 0 Å². The molecule has 208 valence electrons. The minimum Gasteiger partial charge on any atom is -0.366 e. The van der Waals surface area contributed by atoms with E-state index in [0.717, 1.165) is 30.7 Å². The molecule has 1 aromatic carbocycles. The van der Waals surface area contributed by atoms with Crippen LogP contribution in [0.3, 0.4) is 0 Å². The minimum absolute atomic E-state index is 0.0223. The number of carbonyl (C=O) groups is 1. The zero-order valence-corrected chi connectivity index (χ0v) is 23.4. The Hall–Kier alpha value is -3.26. The Morgan fingerprint density at radius 1 is 1.26 bits per heavy atom. The number of hydrogen-bond donors (Lipinski definition) is 1. The summed E-state index contributed by atoms with van der Waals surface area (Å²) in [5, 5.41) is 2.81. The van der Waals surface area contributed by atoms with E-state index in [9.17, 15) is 18.0 Å². The third-order valence-corrected chi connectivity index (χ3v) is 5.88. The molecule has 0 fully saturated rings. The van der Waals surface area contributed by atoms with Gasteiger partial charge in [-0.15, -0.1) is 0 Å². The Balaban J connectivity index is 0.000000363. The lowest BCUT2D eigenvalue weighted by Crippen LogP contribution is -2.26. The van der Waals surface area contributed by atoms with Crippen molar-refractivity contribution in [3.8, 4) is 0 Å². The number of ketones is 1. The summed E-state index contributed by atoms with van der Waals surface area (Å²) in [6, 6.07) is 8.05. The highest BCUT2D eigenvalue weighted by Crippen LogP contribution is 2.41. The molecule has 0 radical (unpaired) electrons. The summed E-state index contributed by atoms with van der Waals surface area (Å²) in [6.07, 6.45) is 5.67. The highest BCUT2D eigenvalue weighted by Gasteiger charge is 2.38. The van der Waals surface area contributed by atoms with Gasteiger partial charge >= 0.3 is 6.18 Å². The van der Waals surface area contributed by atoms with Crippen molar-refractivity contribution in [3.05, 3.63) is 83.6 Å². The summed E-state index contributed by atoms with van der Waals surface area (Å²) >= 11 is 0. The SMILES string of the molecule is C=C(C=N/C=C\C)C1=NC/C=C\C(C(F)(F)F)=C/CN1.CC.CN(C)CCC1(C)CC(=O)c2ccccc21. The zero-order chi connectivity index (χ0) is 28.8. The van der Waals surface area contributed by atoms with Crippen LogP contribution in [0, 0.1) is 0 Å². The second kappa shape index (κ2) is 15.9. The maximum Gasteiger partial charge on any atom is 0.416 e. The molecule has 0 amide bonds. The number of nitrogens with one attached hydrogen (secondary N) is 1. The number of fused-ring (bicyclic) bond motifs is 1. The largest absolute Gasteiger partial charge is 0.416 e. The smallest absolute Gasteiger partial charge is 0.366 e. The van der Waals surface area contributed by atoms with Crippen molar-refractivity contribution in [1.82, 2.24) is 10.2 Å². The lowest BCUT2D eigenvalue weighted by Gasteiger charge is -2.26. The molecule has 5 nitrogen and oxygen atoms in total. The standard InChI is InChI=1S/C14H16F3N3.C14H19NO.C2H6/c1-3-7-18-10-11(2)13-19-8-4-5-12(6-9-20-13)14(15,16)17;1-14(8-9-15(2)3)10-13(16)11-6-4-5-7-12(11)14;1-2/h3-7,10H,2,8-9H2,1H3,(H,19,20);4-7H,8-10H2,1-3H3;1-2H3/b5-4-,7-3-,12-6+,18-10?;;. The molecule has 0 spiro atoms. The predicted molar refractivity (Wildman–Crippen MR) is 153 cm³/mol. The maximum atomic E-state index is 12.6. The number of hydrogen-bond acceptors (Lipinski definition) is 5. The summed E-state index contributed by atoms with van der Waals surface area (Å²) < 4.78 is 37.9. The third kappa shape index (κ3) is 10.2. The number of aliphatic imine (C=N–C) groups is 2. The van der Waals surface area contributed by atoms with Crippen LogP contribution in [-0.2, 0) is 5.41 Å². The highest BCUT2D eigenvalue weighted by molar-refractivity contribution is 6.14. The van der Waals surface area contributed by atoms with Crippen molar-refractivity contribution >= 4 is 17.8 Å². The van der Waals surface area contributed by atoms with Gasteiger partial charge in [-0.05, 0) is 39.5 Å². The Labute approximate surface area is 225 Å². The first-order valence-electron chi connectivity index (χ1n) is 12.8. The molecule has 1 aliphatic carbocycles. The number of halogens is 3. The van der Waals surface area contributed by atoms with E-state index in [-0.39, 0.29) is 18.5 Å². The zero-order valence-electron chi connectivity index (χ0n) is 23.4. The summed E-state index contributed by atoms with van der Waals surface area (Å²) in [4.78, 5) is 22.2. The normalized spacial score (nSPS) is 21.5. The van der Waals surface area contributed by atoms with Gasteiger partial charge in [0.2, 0.25) is 0 Å². The fraction of sp³-hybridized carbons (Fsp3) is 0.433. The molecular formula is C30H41F3N4O. The molecule has 1 unspecified atom stereocenters. The van der Waals surface area contributed by atoms with Crippen LogP contribution in [0.5, 0.6) is 0 Å². The van der Waals surface area contributed by atoms with Gasteiger partial charge in [-0.1, -0.05) is 75.9 Å². The van der Waals surface area contributed by atoms with Crippen molar-refractivity contribution in [2.24, 2.45) is 9.98 Å². The van der Waals surface area contributed by atoms with Crippen LogP contribution in [0.25, 0.3) is 0 Å². The summed E-state index contributed by atoms with van der Waals surface area (Å²) in [5.74, 6) is 0.736. The van der Waals surface area contributed by atoms with Gasteiger partial charge in [0.05, 0.1) is 12.1 Å². The van der Waals surface area contributed by atoms with Gasteiger partial charge in [0.15, 0.2) is 5.78 Å². The van der Waals surface area contributed by atoms with E-state index in [0.29, 0.717) is 23.6 Å². The van der Waals surface area contributed by atoms with Crippen LogP contribution in [0.2, 0.25) is 0 Å². The van der Waals surface area contributed by atoms with Gasteiger partial charge in [0.25, 0.3) is 0 Å². The minimum atomic E-state index is -4.35. The second-order valence-electron chi connectivity index (χ2n) is 9.18. The molecular weight excluding hydrogens is 489 g/mol. The van der Waals surface area contributed by atoms with Crippen molar-refractivity contribution < 1.29 is 18.0 Å². The van der Waals surface area contributed by atoms with Crippen LogP contribution < -0.4 is 5.32 Å². The van der Waals surface area contributed by atoms with E-state index < -0.39 is 11.7 Å². The van der Waals surface area contributed by atoms with Crippen LogP contribution in [0.15, 0.2) is 82.5 Å². The van der Waals surface area contributed by atoms with Crippen LogP contribution in [-0.4, -0.2) is 62.6 Å².